The molecule has 0 aliphatic rings. The van der Waals surface area contributed by atoms with Crippen molar-refractivity contribution in [3.8, 4) is 5.75 Å². The largest absolute Gasteiger partial charge is 0.496 e. The highest BCUT2D eigenvalue weighted by Gasteiger charge is 2.19. The van der Waals surface area contributed by atoms with Crippen molar-refractivity contribution in [2.24, 2.45) is 5.16 Å². The average molecular weight is 342 g/mol. The van der Waals surface area contributed by atoms with Crippen molar-refractivity contribution < 1.29 is 18.7 Å². The average Bonchev–Trinajstić information content (AvgIpc) is 2.44. The molecule has 1 N–H and O–H groups in total. The van der Waals surface area contributed by atoms with Gasteiger partial charge in [0, 0.05) is 11.1 Å². The summed E-state index contributed by atoms with van der Waals surface area (Å²) in [6.45, 7) is 0. The number of ether oxygens (including phenoxy) is 1. The van der Waals surface area contributed by atoms with Gasteiger partial charge in [0.2, 0.25) is 0 Å². The number of halogens is 3. The van der Waals surface area contributed by atoms with E-state index in [0.717, 1.165) is 6.07 Å². The summed E-state index contributed by atoms with van der Waals surface area (Å²) < 4.78 is 32.8. The number of hydrogen-bond acceptors (Lipinski definition) is 3. The second-order valence-electron chi connectivity index (χ2n) is 3.89. The molecule has 2 rings (SSSR count). The summed E-state index contributed by atoms with van der Waals surface area (Å²) >= 11 is 3.05. The van der Waals surface area contributed by atoms with Gasteiger partial charge in [-0.25, -0.2) is 8.78 Å². The molecule has 20 heavy (non-hydrogen) atoms. The first-order valence-corrected chi connectivity index (χ1v) is 6.38. The number of oxime groups is 1. The zero-order chi connectivity index (χ0) is 14.7. The number of hydrogen-bond donors (Lipinski definition) is 1. The molecule has 2 aromatic carbocycles. The maximum atomic E-state index is 14.1. The molecular weight excluding hydrogens is 332 g/mol. The number of rotatable bonds is 3. The van der Waals surface area contributed by atoms with E-state index in [2.05, 4.69) is 21.1 Å². The Bertz CT molecular complexity index is 674. The number of nitrogens with zero attached hydrogens (tertiary/aromatic N) is 1. The third kappa shape index (κ3) is 2.65. The predicted octanol–water partition coefficient (Wildman–Crippen LogP) is 3.96. The van der Waals surface area contributed by atoms with Gasteiger partial charge >= 0.3 is 0 Å². The van der Waals surface area contributed by atoms with Gasteiger partial charge in [0.05, 0.1) is 11.6 Å². The molecule has 2 aromatic rings. The van der Waals surface area contributed by atoms with Crippen LogP contribution >= 0.6 is 15.9 Å². The third-order valence-corrected chi connectivity index (χ3v) is 3.34. The molecule has 0 saturated heterocycles. The van der Waals surface area contributed by atoms with Gasteiger partial charge in [-0.15, -0.1) is 0 Å². The molecule has 0 spiro atoms. The maximum Gasteiger partial charge on any atom is 0.146 e. The predicted molar refractivity (Wildman–Crippen MR) is 74.5 cm³/mol. The summed E-state index contributed by atoms with van der Waals surface area (Å²) in [4.78, 5) is 0. The molecule has 6 heteroatoms. The molecule has 0 aromatic heterocycles. The Kier molecular flexibility index (Phi) is 4.34. The highest BCUT2D eigenvalue weighted by Crippen LogP contribution is 2.26. The zero-order valence-electron chi connectivity index (χ0n) is 10.4. The SMILES string of the molecule is COc1ccc(F)cc1/C(=N/O)c1cccc(Br)c1F. The van der Waals surface area contributed by atoms with Crippen LogP contribution in [0.25, 0.3) is 0 Å². The van der Waals surface area contributed by atoms with Crippen LogP contribution in [0.2, 0.25) is 0 Å². The van der Waals surface area contributed by atoms with E-state index >= 15 is 0 Å². The molecule has 0 amide bonds. The van der Waals surface area contributed by atoms with Crippen molar-refractivity contribution in [1.82, 2.24) is 0 Å². The Morgan fingerprint density at radius 1 is 1.20 bits per heavy atom. The van der Waals surface area contributed by atoms with Crippen molar-refractivity contribution in [1.29, 1.82) is 0 Å². The summed E-state index contributed by atoms with van der Waals surface area (Å²) in [6, 6.07) is 8.23. The Morgan fingerprint density at radius 3 is 2.60 bits per heavy atom. The zero-order valence-corrected chi connectivity index (χ0v) is 12.0. The lowest BCUT2D eigenvalue weighted by Gasteiger charge is -2.11. The minimum absolute atomic E-state index is 0.0331. The lowest BCUT2D eigenvalue weighted by atomic mass is 10.0. The molecule has 0 aliphatic carbocycles. The molecule has 0 unspecified atom stereocenters. The van der Waals surface area contributed by atoms with Gasteiger partial charge in [-0.3, -0.25) is 0 Å². The fourth-order valence-corrected chi connectivity index (χ4v) is 2.17. The van der Waals surface area contributed by atoms with Crippen LogP contribution in [0.5, 0.6) is 5.75 Å². The summed E-state index contributed by atoms with van der Waals surface area (Å²) in [5.41, 5.74) is 0.0814. The standard InChI is InChI=1S/C14H10BrF2NO2/c1-20-12-6-5-8(16)7-10(12)14(18-19)9-3-2-4-11(15)13(9)17/h2-7,19H,1H3/b18-14+. The second kappa shape index (κ2) is 6.00. The van der Waals surface area contributed by atoms with E-state index in [9.17, 15) is 14.0 Å². The van der Waals surface area contributed by atoms with Crippen molar-refractivity contribution in [3.63, 3.8) is 0 Å². The molecule has 0 bridgehead atoms. The molecule has 0 heterocycles. The van der Waals surface area contributed by atoms with Crippen LogP contribution in [0.15, 0.2) is 46.0 Å². The lowest BCUT2D eigenvalue weighted by molar-refractivity contribution is 0.319. The van der Waals surface area contributed by atoms with Crippen LogP contribution in [0.3, 0.4) is 0 Å². The van der Waals surface area contributed by atoms with E-state index in [1.165, 1.54) is 31.4 Å². The topological polar surface area (TPSA) is 41.8 Å². The Morgan fingerprint density at radius 2 is 1.95 bits per heavy atom. The van der Waals surface area contributed by atoms with Gasteiger partial charge in [-0.2, -0.15) is 0 Å². The number of benzene rings is 2. The van der Waals surface area contributed by atoms with Gasteiger partial charge in [-0.05, 0) is 46.3 Å². The van der Waals surface area contributed by atoms with Crippen molar-refractivity contribution in [3.05, 3.63) is 63.6 Å². The summed E-state index contributed by atoms with van der Waals surface area (Å²) in [7, 11) is 1.39. The Labute approximate surface area is 122 Å². The lowest BCUT2D eigenvalue weighted by Crippen LogP contribution is -2.09. The van der Waals surface area contributed by atoms with Crippen molar-refractivity contribution in [2.75, 3.05) is 7.11 Å². The molecule has 0 atom stereocenters. The van der Waals surface area contributed by atoms with Crippen LogP contribution in [-0.4, -0.2) is 18.0 Å². The molecule has 3 nitrogen and oxygen atoms in total. The maximum absolute atomic E-state index is 14.1. The molecule has 104 valence electrons. The van der Waals surface area contributed by atoms with Crippen LogP contribution in [0.4, 0.5) is 8.78 Å². The van der Waals surface area contributed by atoms with Gasteiger partial charge in [0.25, 0.3) is 0 Å². The Balaban J connectivity index is 2.65. The van der Waals surface area contributed by atoms with Crippen LogP contribution in [-0.2, 0) is 0 Å². The van der Waals surface area contributed by atoms with Crippen LogP contribution in [0.1, 0.15) is 11.1 Å². The van der Waals surface area contributed by atoms with Gasteiger partial charge < -0.3 is 9.94 Å². The highest BCUT2D eigenvalue weighted by molar-refractivity contribution is 9.10. The van der Waals surface area contributed by atoms with E-state index in [0.29, 0.717) is 0 Å². The second-order valence-corrected chi connectivity index (χ2v) is 4.75. The summed E-state index contributed by atoms with van der Waals surface area (Å²) in [6.07, 6.45) is 0. The first-order valence-electron chi connectivity index (χ1n) is 5.58. The van der Waals surface area contributed by atoms with Crippen molar-refractivity contribution in [2.45, 2.75) is 0 Å². The van der Waals surface area contributed by atoms with Crippen molar-refractivity contribution >= 4 is 21.6 Å². The van der Waals surface area contributed by atoms with Gasteiger partial charge in [-0.1, -0.05) is 11.2 Å². The molecule has 0 saturated carbocycles. The third-order valence-electron chi connectivity index (χ3n) is 2.72. The van der Waals surface area contributed by atoms with Gasteiger partial charge in [0.1, 0.15) is 23.1 Å². The van der Waals surface area contributed by atoms with Crippen LogP contribution in [0, 0.1) is 11.6 Å². The smallest absolute Gasteiger partial charge is 0.146 e. The normalized spacial score (nSPS) is 11.5. The van der Waals surface area contributed by atoms with Crippen LogP contribution < -0.4 is 4.74 Å². The highest BCUT2D eigenvalue weighted by atomic mass is 79.9. The number of methoxy groups -OCH3 is 1. The van der Waals surface area contributed by atoms with E-state index < -0.39 is 11.6 Å². The van der Waals surface area contributed by atoms with E-state index in [-0.39, 0.29) is 27.1 Å². The quantitative estimate of drug-likeness (QED) is 0.521. The fraction of sp³-hybridized carbons (Fsp3) is 0.0714. The van der Waals surface area contributed by atoms with E-state index in [1.54, 1.807) is 6.07 Å². The first-order chi connectivity index (χ1) is 9.58. The fourth-order valence-electron chi connectivity index (χ4n) is 1.80. The molecular formula is C14H10BrF2NO2. The molecule has 0 fully saturated rings. The van der Waals surface area contributed by atoms with Gasteiger partial charge in [0.15, 0.2) is 0 Å². The van der Waals surface area contributed by atoms with E-state index in [4.69, 9.17) is 4.74 Å². The Hall–Kier alpha value is -1.95. The minimum Gasteiger partial charge on any atom is -0.496 e. The van der Waals surface area contributed by atoms with E-state index in [1.807, 2.05) is 0 Å². The molecule has 0 aliphatic heterocycles. The molecule has 0 radical (unpaired) electrons. The summed E-state index contributed by atoms with van der Waals surface area (Å²) in [5.74, 6) is -0.873. The monoisotopic (exact) mass is 341 g/mol. The minimum atomic E-state index is -0.605. The summed E-state index contributed by atoms with van der Waals surface area (Å²) in [5, 5.41) is 12.3. The first kappa shape index (κ1) is 14.5.